The lowest BCUT2D eigenvalue weighted by Crippen LogP contribution is -2.38. The van der Waals surface area contributed by atoms with Crippen molar-refractivity contribution < 1.29 is 19.0 Å². The fourth-order valence-corrected chi connectivity index (χ4v) is 3.73. The number of rotatable bonds is 5. The van der Waals surface area contributed by atoms with Gasteiger partial charge in [0.05, 0.1) is 12.0 Å². The quantitative estimate of drug-likeness (QED) is 0.451. The first kappa shape index (κ1) is 20.5. The monoisotopic (exact) mass is 422 g/mol. The molecule has 1 aliphatic rings. The highest BCUT2D eigenvalue weighted by molar-refractivity contribution is 5.95. The maximum atomic E-state index is 12.8. The Morgan fingerprint density at radius 1 is 1.23 bits per heavy atom. The summed E-state index contributed by atoms with van der Waals surface area (Å²) in [6, 6.07) is 12.0. The van der Waals surface area contributed by atoms with E-state index in [1.807, 2.05) is 24.3 Å². The third-order valence-electron chi connectivity index (χ3n) is 5.55. The Morgan fingerprint density at radius 2 is 2.00 bits per heavy atom. The summed E-state index contributed by atoms with van der Waals surface area (Å²) in [5, 5.41) is 15.3. The van der Waals surface area contributed by atoms with E-state index in [4.69, 9.17) is 9.26 Å². The van der Waals surface area contributed by atoms with Gasteiger partial charge in [-0.25, -0.2) is 0 Å². The highest BCUT2D eigenvalue weighted by Gasteiger charge is 2.29. The number of carbonyl (C=O) groups is 1. The predicted molar refractivity (Wildman–Crippen MR) is 112 cm³/mol. The van der Waals surface area contributed by atoms with Crippen LogP contribution in [0.15, 0.2) is 47.0 Å². The van der Waals surface area contributed by atoms with Crippen molar-refractivity contribution in [2.45, 2.75) is 25.7 Å². The van der Waals surface area contributed by atoms with Gasteiger partial charge in [-0.05, 0) is 38.0 Å². The highest BCUT2D eigenvalue weighted by atomic mass is 16.6. The summed E-state index contributed by atoms with van der Waals surface area (Å²) in [4.78, 5) is 29.8. The van der Waals surface area contributed by atoms with Crippen molar-refractivity contribution in [1.82, 2.24) is 15.0 Å². The minimum Gasteiger partial charge on any atom is -0.497 e. The first-order chi connectivity index (χ1) is 15.0. The van der Waals surface area contributed by atoms with Crippen LogP contribution in [0.5, 0.6) is 5.75 Å². The topological polar surface area (TPSA) is 112 Å². The fraction of sp³-hybridized carbons (Fsp3) is 0.318. The zero-order chi connectivity index (χ0) is 22.0. The summed E-state index contributed by atoms with van der Waals surface area (Å²) in [6.45, 7) is 2.69. The largest absolute Gasteiger partial charge is 0.497 e. The maximum Gasteiger partial charge on any atom is 0.273 e. The molecule has 1 saturated heterocycles. The summed E-state index contributed by atoms with van der Waals surface area (Å²) in [5.74, 6) is 1.62. The first-order valence-electron chi connectivity index (χ1n) is 9.98. The molecule has 2 heterocycles. The molecule has 0 N–H and O–H groups in total. The number of aryl methyl sites for hydroxylation is 1. The smallest absolute Gasteiger partial charge is 0.273 e. The molecular formula is C22H22N4O5. The van der Waals surface area contributed by atoms with Crippen LogP contribution in [0.25, 0.3) is 11.4 Å². The number of piperidine rings is 1. The van der Waals surface area contributed by atoms with E-state index in [2.05, 4.69) is 10.1 Å². The van der Waals surface area contributed by atoms with Crippen LogP contribution in [0.1, 0.15) is 40.6 Å². The van der Waals surface area contributed by atoms with Crippen LogP contribution in [-0.4, -0.2) is 46.1 Å². The van der Waals surface area contributed by atoms with Gasteiger partial charge >= 0.3 is 0 Å². The fourth-order valence-electron chi connectivity index (χ4n) is 3.73. The van der Waals surface area contributed by atoms with Gasteiger partial charge in [-0.3, -0.25) is 14.9 Å². The number of hydrogen-bond donors (Lipinski definition) is 0. The average molecular weight is 422 g/mol. The Balaban J connectivity index is 1.42. The summed E-state index contributed by atoms with van der Waals surface area (Å²) in [5.41, 5.74) is 1.62. The number of carbonyl (C=O) groups excluding carboxylic acids is 1. The van der Waals surface area contributed by atoms with Crippen LogP contribution < -0.4 is 4.74 Å². The molecule has 9 nitrogen and oxygen atoms in total. The van der Waals surface area contributed by atoms with Gasteiger partial charge in [0.2, 0.25) is 11.7 Å². The van der Waals surface area contributed by atoms with Gasteiger partial charge in [-0.15, -0.1) is 0 Å². The van der Waals surface area contributed by atoms with Crippen LogP contribution in [-0.2, 0) is 0 Å². The molecule has 0 spiro atoms. The molecule has 3 aromatic rings. The van der Waals surface area contributed by atoms with Gasteiger partial charge in [0.15, 0.2) is 0 Å². The third kappa shape index (κ3) is 4.25. The number of nitro benzene ring substituents is 1. The predicted octanol–water partition coefficient (Wildman–Crippen LogP) is 3.98. The molecule has 0 atom stereocenters. The number of benzene rings is 2. The Labute approximate surface area is 178 Å². The number of amides is 1. The van der Waals surface area contributed by atoms with Crippen molar-refractivity contribution in [2.75, 3.05) is 20.2 Å². The van der Waals surface area contributed by atoms with E-state index in [9.17, 15) is 14.9 Å². The van der Waals surface area contributed by atoms with Crippen LogP contribution in [0.4, 0.5) is 5.69 Å². The number of methoxy groups -OCH3 is 1. The Bertz CT molecular complexity index is 1120. The molecule has 2 aromatic carbocycles. The van der Waals surface area contributed by atoms with Crippen molar-refractivity contribution in [1.29, 1.82) is 0 Å². The second-order valence-corrected chi connectivity index (χ2v) is 7.51. The van der Waals surface area contributed by atoms with E-state index in [1.165, 1.54) is 6.07 Å². The van der Waals surface area contributed by atoms with E-state index in [0.29, 0.717) is 54.5 Å². The lowest BCUT2D eigenvalue weighted by atomic mass is 9.96. The van der Waals surface area contributed by atoms with Gasteiger partial charge in [-0.1, -0.05) is 23.4 Å². The van der Waals surface area contributed by atoms with E-state index in [-0.39, 0.29) is 17.5 Å². The van der Waals surface area contributed by atoms with Crippen molar-refractivity contribution >= 4 is 11.6 Å². The molecule has 1 aliphatic heterocycles. The molecule has 9 heteroatoms. The molecule has 1 amide bonds. The van der Waals surface area contributed by atoms with Gasteiger partial charge in [-0.2, -0.15) is 4.98 Å². The van der Waals surface area contributed by atoms with E-state index < -0.39 is 4.92 Å². The Morgan fingerprint density at radius 3 is 2.71 bits per heavy atom. The van der Waals surface area contributed by atoms with Gasteiger partial charge in [0.25, 0.3) is 11.6 Å². The summed E-state index contributed by atoms with van der Waals surface area (Å²) in [6.07, 6.45) is 1.36. The van der Waals surface area contributed by atoms with E-state index >= 15 is 0 Å². The molecule has 31 heavy (non-hydrogen) atoms. The average Bonchev–Trinajstić information content (AvgIpc) is 3.29. The van der Waals surface area contributed by atoms with Gasteiger partial charge in [0.1, 0.15) is 5.75 Å². The second-order valence-electron chi connectivity index (χ2n) is 7.51. The summed E-state index contributed by atoms with van der Waals surface area (Å²) >= 11 is 0. The first-order valence-corrected chi connectivity index (χ1v) is 9.98. The molecule has 0 unspecified atom stereocenters. The van der Waals surface area contributed by atoms with Gasteiger partial charge in [0, 0.05) is 41.8 Å². The normalized spacial score (nSPS) is 14.5. The van der Waals surface area contributed by atoms with Crippen molar-refractivity contribution in [3.05, 3.63) is 69.6 Å². The standard InChI is InChI=1S/C22H22N4O5/c1-14-6-7-17(13-19(14)26(28)29)22(27)25-10-8-15(9-11-25)21-23-20(24-31-21)16-4-3-5-18(12-16)30-2/h3-7,12-13,15H,8-11H2,1-2H3. The van der Waals surface area contributed by atoms with E-state index in [0.717, 1.165) is 5.56 Å². The number of nitrogens with zero attached hydrogens (tertiary/aromatic N) is 4. The molecule has 0 bridgehead atoms. The minimum atomic E-state index is -0.464. The highest BCUT2D eigenvalue weighted by Crippen LogP contribution is 2.30. The molecular weight excluding hydrogens is 400 g/mol. The number of aromatic nitrogens is 2. The molecule has 1 aromatic heterocycles. The maximum absolute atomic E-state index is 12.8. The van der Waals surface area contributed by atoms with Crippen molar-refractivity contribution in [3.63, 3.8) is 0 Å². The van der Waals surface area contributed by atoms with Crippen LogP contribution in [0.3, 0.4) is 0 Å². The number of ether oxygens (including phenoxy) is 1. The van der Waals surface area contributed by atoms with Gasteiger partial charge < -0.3 is 14.2 Å². The summed E-state index contributed by atoms with van der Waals surface area (Å²) < 4.78 is 10.7. The summed E-state index contributed by atoms with van der Waals surface area (Å²) in [7, 11) is 1.60. The second kappa shape index (κ2) is 8.55. The molecule has 160 valence electrons. The van der Waals surface area contributed by atoms with E-state index in [1.54, 1.807) is 31.1 Å². The number of likely N-dealkylation sites (tertiary alicyclic amines) is 1. The Kier molecular flexibility index (Phi) is 5.66. The van der Waals surface area contributed by atoms with Crippen molar-refractivity contribution in [2.24, 2.45) is 0 Å². The zero-order valence-corrected chi connectivity index (χ0v) is 17.3. The molecule has 4 rings (SSSR count). The lowest BCUT2D eigenvalue weighted by molar-refractivity contribution is -0.385. The molecule has 0 aliphatic carbocycles. The zero-order valence-electron chi connectivity index (χ0n) is 17.3. The van der Waals surface area contributed by atoms with Crippen LogP contribution in [0.2, 0.25) is 0 Å². The minimum absolute atomic E-state index is 0.0448. The third-order valence-corrected chi connectivity index (χ3v) is 5.55. The number of nitro groups is 1. The molecule has 0 radical (unpaired) electrons. The SMILES string of the molecule is COc1cccc(-c2noc(C3CCN(C(=O)c4ccc(C)c([N+](=O)[O-])c4)CC3)n2)c1. The van der Waals surface area contributed by atoms with Crippen molar-refractivity contribution in [3.8, 4) is 17.1 Å². The van der Waals surface area contributed by atoms with Crippen LogP contribution >= 0.6 is 0 Å². The number of hydrogen-bond acceptors (Lipinski definition) is 7. The molecule has 0 saturated carbocycles. The Hall–Kier alpha value is -3.75. The lowest BCUT2D eigenvalue weighted by Gasteiger charge is -2.30. The van der Waals surface area contributed by atoms with Crippen LogP contribution in [0, 0.1) is 17.0 Å². The molecule has 1 fully saturated rings.